The van der Waals surface area contributed by atoms with Crippen LogP contribution in [-0.2, 0) is 36.7 Å². The fourth-order valence-electron chi connectivity index (χ4n) is 7.41. The molecule has 3 aromatic carbocycles. The van der Waals surface area contributed by atoms with Crippen molar-refractivity contribution in [1.29, 1.82) is 0 Å². The molecule has 1 aliphatic heterocycles. The summed E-state index contributed by atoms with van der Waals surface area (Å²) in [6.07, 6.45) is 7.78. The molecular weight excluding hydrogens is 841 g/mol. The normalized spacial score (nSPS) is 13.6. The summed E-state index contributed by atoms with van der Waals surface area (Å²) in [6.45, 7) is 19.6. The SMILES string of the molecule is CC(C)Cc1cccc2[c]1[Ge]([CH3])([CH3])[c]1c(-c3[c-]c4ccccc4c(C(C)(C)C)c3)ncnc1-2.CCC(CC)C(=O)/C=C(\O)C(CC)CC.[Ir]. The number of rotatable bonds is 10. The van der Waals surface area contributed by atoms with Gasteiger partial charge in [-0.15, -0.1) is 0 Å². The maximum Gasteiger partial charge on any atom is 0.162 e. The third-order valence-electron chi connectivity index (χ3n) is 10.1. The number of aromatic nitrogens is 2. The predicted octanol–water partition coefficient (Wildman–Crippen LogP) is 10.3. The van der Waals surface area contributed by atoms with E-state index in [1.165, 1.54) is 32.5 Å². The summed E-state index contributed by atoms with van der Waals surface area (Å²) in [4.78, 5) is 21.5. The topological polar surface area (TPSA) is 63.1 Å². The molecule has 0 unspecified atom stereocenters. The van der Waals surface area contributed by atoms with Crippen LogP contribution in [0.2, 0.25) is 11.5 Å². The molecule has 2 heterocycles. The van der Waals surface area contributed by atoms with Gasteiger partial charge in [-0.1, -0.05) is 27.7 Å². The quantitative estimate of drug-likeness (QED) is 0.0746. The van der Waals surface area contributed by atoms with Gasteiger partial charge < -0.3 is 5.11 Å². The fourth-order valence-corrected chi connectivity index (χ4v) is 15.2. The van der Waals surface area contributed by atoms with E-state index in [0.717, 1.165) is 54.4 Å². The van der Waals surface area contributed by atoms with E-state index >= 15 is 0 Å². The van der Waals surface area contributed by atoms with Crippen LogP contribution in [0.25, 0.3) is 33.3 Å². The molecule has 5 rings (SSSR count). The minimum absolute atomic E-state index is 0. The van der Waals surface area contributed by atoms with Crippen molar-refractivity contribution in [3.05, 3.63) is 83.9 Å². The average Bonchev–Trinajstić information content (AvgIpc) is 3.28. The first-order chi connectivity index (χ1) is 22.7. The number of aliphatic hydroxyl groups excluding tert-OH is 1. The first-order valence-electron chi connectivity index (χ1n) is 18.1. The van der Waals surface area contributed by atoms with Crippen LogP contribution in [0.5, 0.6) is 0 Å². The number of nitrogens with zero attached hydrogens (tertiary/aromatic N) is 2. The van der Waals surface area contributed by atoms with Crippen LogP contribution < -0.4 is 8.79 Å². The molecule has 0 amide bonds. The summed E-state index contributed by atoms with van der Waals surface area (Å²) >= 11 is -2.63. The third-order valence-corrected chi connectivity index (χ3v) is 17.5. The molecule has 0 saturated carbocycles. The summed E-state index contributed by atoms with van der Waals surface area (Å²) in [5, 5.41) is 12.2. The van der Waals surface area contributed by atoms with Crippen LogP contribution in [0, 0.1) is 23.8 Å². The molecule has 1 aliphatic rings. The summed E-state index contributed by atoms with van der Waals surface area (Å²) in [6, 6.07) is 21.5. The van der Waals surface area contributed by atoms with Gasteiger partial charge in [0.05, 0.1) is 5.76 Å². The number of fused-ring (bicyclic) bond motifs is 4. The van der Waals surface area contributed by atoms with Gasteiger partial charge >= 0.3 is 201 Å². The predicted molar refractivity (Wildman–Crippen MR) is 207 cm³/mol. The Morgan fingerprint density at radius 2 is 1.49 bits per heavy atom. The molecule has 6 heteroatoms. The maximum atomic E-state index is 11.7. The standard InChI is InChI=1S/C30H33GeN2.C13H24O2.Ir/c1-19(2)15-21-12-10-14-24-26(21)31(6,7)27-28(32-18-33-29(24)27)22-16-20-11-8-9-13-23(20)25(17-22)30(3,4)5;1-5-10(6-2)12(14)9-13(15)11(7-3)8-4;/h8-14,17-19H,15H2,1-7H3;9-11,14H,5-8H2,1-4H3;/q-1;;/b;12-9-;. The average molecular weight is 899 g/mol. The van der Waals surface area contributed by atoms with Gasteiger partial charge in [-0.25, -0.2) is 0 Å². The van der Waals surface area contributed by atoms with E-state index < -0.39 is 13.3 Å². The zero-order valence-electron chi connectivity index (χ0n) is 31.6. The van der Waals surface area contributed by atoms with Crippen molar-refractivity contribution >= 4 is 38.6 Å². The van der Waals surface area contributed by atoms with E-state index in [-0.39, 0.29) is 48.9 Å². The van der Waals surface area contributed by atoms with Crippen molar-refractivity contribution in [3.8, 4) is 22.5 Å². The van der Waals surface area contributed by atoms with Crippen LogP contribution >= 0.6 is 0 Å². The Labute approximate surface area is 312 Å². The van der Waals surface area contributed by atoms with Gasteiger partial charge in [0, 0.05) is 38.0 Å². The number of aliphatic hydroxyl groups is 1. The van der Waals surface area contributed by atoms with E-state index in [1.807, 2.05) is 27.7 Å². The van der Waals surface area contributed by atoms with Gasteiger partial charge in [0.15, 0.2) is 5.78 Å². The Hall–Kier alpha value is -2.60. The van der Waals surface area contributed by atoms with Gasteiger partial charge in [0.2, 0.25) is 0 Å². The summed E-state index contributed by atoms with van der Waals surface area (Å²) in [5.74, 6) is 6.22. The zero-order valence-corrected chi connectivity index (χ0v) is 36.1. The number of allylic oxidation sites excluding steroid dienone is 2. The number of hydrogen-bond donors (Lipinski definition) is 1. The van der Waals surface area contributed by atoms with Crippen molar-refractivity contribution in [2.24, 2.45) is 17.8 Å². The summed E-state index contributed by atoms with van der Waals surface area (Å²) in [7, 11) is 0. The maximum absolute atomic E-state index is 11.7. The molecule has 0 saturated heterocycles. The fraction of sp³-hybridized carbons (Fsp3) is 0.465. The van der Waals surface area contributed by atoms with Gasteiger partial charge in [-0.05, 0) is 25.7 Å². The van der Waals surface area contributed by atoms with Crippen LogP contribution in [0.1, 0.15) is 99.1 Å². The minimum atomic E-state index is -2.63. The molecule has 0 atom stereocenters. The first-order valence-corrected chi connectivity index (χ1v) is 24.4. The third kappa shape index (κ3) is 8.83. The van der Waals surface area contributed by atoms with E-state index in [0.29, 0.717) is 5.92 Å². The Balaban J connectivity index is 0.000000347. The van der Waals surface area contributed by atoms with Gasteiger partial charge in [-0.2, -0.15) is 0 Å². The summed E-state index contributed by atoms with van der Waals surface area (Å²) < 4.78 is 3.01. The molecule has 1 N–H and O–H groups in total. The second kappa shape index (κ2) is 17.1. The van der Waals surface area contributed by atoms with Gasteiger partial charge in [0.25, 0.3) is 0 Å². The van der Waals surface area contributed by atoms with Crippen molar-refractivity contribution in [1.82, 2.24) is 9.97 Å². The van der Waals surface area contributed by atoms with Crippen LogP contribution in [0.15, 0.2) is 66.7 Å². The second-order valence-corrected chi connectivity index (χ2v) is 24.3. The van der Waals surface area contributed by atoms with E-state index in [4.69, 9.17) is 9.97 Å². The molecule has 0 bridgehead atoms. The first kappa shape index (κ1) is 40.8. The minimum Gasteiger partial charge on any atom is -0.512 e. The van der Waals surface area contributed by atoms with Crippen LogP contribution in [0.3, 0.4) is 0 Å². The van der Waals surface area contributed by atoms with Crippen LogP contribution in [0.4, 0.5) is 0 Å². The molecule has 0 spiro atoms. The molecular formula is C43H57GeIrN2O2-. The number of ketones is 1. The van der Waals surface area contributed by atoms with Gasteiger partial charge in [0.1, 0.15) is 0 Å². The molecule has 4 nitrogen and oxygen atoms in total. The number of carbonyl (C=O) groups is 1. The van der Waals surface area contributed by atoms with Crippen LogP contribution in [-0.4, -0.2) is 34.1 Å². The molecule has 1 radical (unpaired) electrons. The Kier molecular flexibility index (Phi) is 14.2. The largest absolute Gasteiger partial charge is 0.512 e. The Morgan fingerprint density at radius 1 is 0.878 bits per heavy atom. The molecule has 49 heavy (non-hydrogen) atoms. The van der Waals surface area contributed by atoms with Crippen molar-refractivity contribution < 1.29 is 30.0 Å². The van der Waals surface area contributed by atoms with Gasteiger partial charge in [-0.3, -0.25) is 4.79 Å². The molecule has 1 aromatic heterocycles. The monoisotopic (exact) mass is 900 g/mol. The second-order valence-electron chi connectivity index (χ2n) is 15.4. The molecule has 0 fully saturated rings. The Morgan fingerprint density at radius 3 is 2.08 bits per heavy atom. The van der Waals surface area contributed by atoms with E-state index in [9.17, 15) is 9.90 Å². The Bertz CT molecular complexity index is 1780. The van der Waals surface area contributed by atoms with E-state index in [1.54, 1.807) is 10.7 Å². The molecule has 265 valence electrons. The van der Waals surface area contributed by atoms with Crippen molar-refractivity contribution in [2.45, 2.75) is 111 Å². The summed E-state index contributed by atoms with van der Waals surface area (Å²) in [5.41, 5.74) is 7.58. The zero-order chi connectivity index (χ0) is 35.4. The van der Waals surface area contributed by atoms with Crippen molar-refractivity contribution in [3.63, 3.8) is 0 Å². The smallest absolute Gasteiger partial charge is 0.162 e. The van der Waals surface area contributed by atoms with Crippen molar-refractivity contribution in [2.75, 3.05) is 0 Å². The number of carbonyl (C=O) groups excluding carboxylic acids is 1. The number of benzene rings is 3. The van der Waals surface area contributed by atoms with E-state index in [2.05, 4.69) is 101 Å². The number of hydrogen-bond acceptors (Lipinski definition) is 4. The molecule has 0 aliphatic carbocycles. The molecule has 4 aromatic rings.